The van der Waals surface area contributed by atoms with Crippen molar-refractivity contribution in [1.82, 2.24) is 0 Å². The molecular weight excluding hydrogens is 228 g/mol. The second-order valence-corrected chi connectivity index (χ2v) is 5.95. The van der Waals surface area contributed by atoms with Crippen LogP contribution in [-0.4, -0.2) is 24.8 Å². The molecule has 0 spiro atoms. The summed E-state index contributed by atoms with van der Waals surface area (Å²) in [7, 11) is 0. The third kappa shape index (κ3) is 4.60. The van der Waals surface area contributed by atoms with E-state index < -0.39 is 0 Å². The molecule has 2 atom stereocenters. The van der Waals surface area contributed by atoms with Gasteiger partial charge in [0.05, 0.1) is 6.10 Å². The molecule has 0 aromatic rings. The highest BCUT2D eigenvalue weighted by Crippen LogP contribution is 2.26. The maximum atomic E-state index is 11.7. The van der Waals surface area contributed by atoms with E-state index in [4.69, 9.17) is 9.47 Å². The molecule has 18 heavy (non-hydrogen) atoms. The van der Waals surface area contributed by atoms with Crippen molar-refractivity contribution >= 4 is 5.97 Å². The topological polar surface area (TPSA) is 35.5 Å². The first kappa shape index (κ1) is 13.9. The van der Waals surface area contributed by atoms with Gasteiger partial charge in [-0.05, 0) is 38.0 Å². The van der Waals surface area contributed by atoms with Crippen LogP contribution in [0.4, 0.5) is 0 Å². The summed E-state index contributed by atoms with van der Waals surface area (Å²) < 4.78 is 11.1. The molecular formula is C15H26O3. The second-order valence-electron chi connectivity index (χ2n) is 5.95. The third-order valence-electron chi connectivity index (χ3n) is 4.18. The smallest absolute Gasteiger partial charge is 0.332 e. The average Bonchev–Trinajstić information content (AvgIpc) is 2.38. The highest BCUT2D eigenvalue weighted by Gasteiger charge is 2.23. The summed E-state index contributed by atoms with van der Waals surface area (Å²) >= 11 is 0. The number of carbonyl (C=O) groups excluding carboxylic acids is 1. The lowest BCUT2D eigenvalue weighted by molar-refractivity contribution is -0.159. The molecule has 2 aliphatic rings. The predicted octanol–water partition coefficient (Wildman–Crippen LogP) is 3.46. The first-order chi connectivity index (χ1) is 8.74. The largest absolute Gasteiger partial charge is 0.461 e. The minimum absolute atomic E-state index is 0.135. The molecule has 104 valence electrons. The number of esters is 1. The van der Waals surface area contributed by atoms with Crippen molar-refractivity contribution in [2.24, 2.45) is 5.92 Å². The predicted molar refractivity (Wildman–Crippen MR) is 70.3 cm³/mol. The number of hydrogen-bond acceptors (Lipinski definition) is 3. The van der Waals surface area contributed by atoms with Gasteiger partial charge in [0, 0.05) is 0 Å². The summed E-state index contributed by atoms with van der Waals surface area (Å²) in [5.41, 5.74) is 0. The van der Waals surface area contributed by atoms with Crippen molar-refractivity contribution in [3.05, 3.63) is 0 Å². The van der Waals surface area contributed by atoms with Crippen LogP contribution in [-0.2, 0) is 14.3 Å². The van der Waals surface area contributed by atoms with E-state index in [1.54, 1.807) is 0 Å². The molecule has 0 heterocycles. The van der Waals surface area contributed by atoms with Crippen LogP contribution in [0.25, 0.3) is 0 Å². The number of carbonyl (C=O) groups is 1. The normalized spacial score (nSPS) is 30.1. The Balaban J connectivity index is 1.62. The fourth-order valence-corrected chi connectivity index (χ4v) is 3.12. The summed E-state index contributed by atoms with van der Waals surface area (Å²) in [6.07, 6.45) is 10.9. The van der Waals surface area contributed by atoms with Gasteiger partial charge < -0.3 is 9.47 Å². The summed E-state index contributed by atoms with van der Waals surface area (Å²) in [4.78, 5) is 11.7. The quantitative estimate of drug-likeness (QED) is 0.721. The number of rotatable bonds is 4. The van der Waals surface area contributed by atoms with Crippen LogP contribution in [0.3, 0.4) is 0 Å². The van der Waals surface area contributed by atoms with Gasteiger partial charge in [-0.3, -0.25) is 0 Å². The summed E-state index contributed by atoms with van der Waals surface area (Å²) in [6, 6.07) is 0. The summed E-state index contributed by atoms with van der Waals surface area (Å²) in [5, 5.41) is 0. The summed E-state index contributed by atoms with van der Waals surface area (Å²) in [6.45, 7) is 2.38. The molecule has 2 aliphatic carbocycles. The molecule has 0 aliphatic heterocycles. The molecule has 0 aromatic heterocycles. The molecule has 0 aromatic carbocycles. The second kappa shape index (κ2) is 7.13. The van der Waals surface area contributed by atoms with Crippen LogP contribution >= 0.6 is 0 Å². The Bertz CT molecular complexity index is 258. The maximum Gasteiger partial charge on any atom is 0.332 e. The molecule has 0 saturated heterocycles. The third-order valence-corrected chi connectivity index (χ3v) is 4.18. The van der Waals surface area contributed by atoms with Gasteiger partial charge in [0.15, 0.2) is 0 Å². The minimum Gasteiger partial charge on any atom is -0.461 e. The zero-order chi connectivity index (χ0) is 12.8. The first-order valence-corrected chi connectivity index (χ1v) is 7.55. The zero-order valence-corrected chi connectivity index (χ0v) is 11.5. The van der Waals surface area contributed by atoms with E-state index in [1.165, 1.54) is 32.1 Å². The Kier molecular flexibility index (Phi) is 5.48. The molecule has 2 rings (SSSR count). The van der Waals surface area contributed by atoms with Crippen molar-refractivity contribution in [3.8, 4) is 0 Å². The van der Waals surface area contributed by atoms with Crippen LogP contribution in [0.15, 0.2) is 0 Å². The molecule has 2 unspecified atom stereocenters. The fourth-order valence-electron chi connectivity index (χ4n) is 3.12. The van der Waals surface area contributed by atoms with Gasteiger partial charge in [-0.2, -0.15) is 0 Å². The molecule has 3 heteroatoms. The van der Waals surface area contributed by atoms with E-state index in [2.05, 4.69) is 6.92 Å². The van der Waals surface area contributed by atoms with Crippen molar-refractivity contribution in [3.63, 3.8) is 0 Å². The highest BCUT2D eigenvalue weighted by atomic mass is 16.6. The van der Waals surface area contributed by atoms with Crippen LogP contribution in [0.5, 0.6) is 0 Å². The zero-order valence-electron chi connectivity index (χ0n) is 11.5. The molecule has 0 N–H and O–H groups in total. The van der Waals surface area contributed by atoms with Crippen LogP contribution < -0.4 is 0 Å². The van der Waals surface area contributed by atoms with Gasteiger partial charge in [0.25, 0.3) is 0 Å². The SMILES string of the molecule is CC1CCCC(OC(=O)COC2CCCCC2)C1. The van der Waals surface area contributed by atoms with E-state index in [-0.39, 0.29) is 24.8 Å². The van der Waals surface area contributed by atoms with E-state index in [9.17, 15) is 4.79 Å². The first-order valence-electron chi connectivity index (χ1n) is 7.55. The van der Waals surface area contributed by atoms with Crippen LogP contribution in [0.1, 0.15) is 64.7 Å². The number of ether oxygens (including phenoxy) is 2. The minimum atomic E-state index is -0.167. The molecule has 3 nitrogen and oxygen atoms in total. The molecule has 0 amide bonds. The van der Waals surface area contributed by atoms with Gasteiger partial charge in [0.2, 0.25) is 0 Å². The molecule has 2 fully saturated rings. The van der Waals surface area contributed by atoms with Gasteiger partial charge in [-0.25, -0.2) is 4.79 Å². The van der Waals surface area contributed by atoms with Crippen LogP contribution in [0, 0.1) is 5.92 Å². The van der Waals surface area contributed by atoms with Crippen molar-refractivity contribution < 1.29 is 14.3 Å². The van der Waals surface area contributed by atoms with Gasteiger partial charge >= 0.3 is 5.97 Å². The standard InChI is InChI=1S/C15H26O3/c1-12-6-5-9-14(10-12)18-15(16)11-17-13-7-3-2-4-8-13/h12-14H,2-11H2,1H3. The Hall–Kier alpha value is -0.570. The molecule has 0 bridgehead atoms. The molecule has 0 radical (unpaired) electrons. The van der Waals surface area contributed by atoms with Gasteiger partial charge in [-0.1, -0.05) is 32.6 Å². The van der Waals surface area contributed by atoms with E-state index >= 15 is 0 Å². The number of hydrogen-bond donors (Lipinski definition) is 0. The lowest BCUT2D eigenvalue weighted by atomic mass is 9.89. The average molecular weight is 254 g/mol. The Morgan fingerprint density at radius 2 is 1.72 bits per heavy atom. The molecule has 2 saturated carbocycles. The lowest BCUT2D eigenvalue weighted by Gasteiger charge is -2.27. The van der Waals surface area contributed by atoms with Crippen LogP contribution in [0.2, 0.25) is 0 Å². The van der Waals surface area contributed by atoms with Gasteiger partial charge in [0.1, 0.15) is 12.7 Å². The van der Waals surface area contributed by atoms with E-state index in [0.29, 0.717) is 5.92 Å². The highest BCUT2D eigenvalue weighted by molar-refractivity contribution is 5.70. The maximum absolute atomic E-state index is 11.7. The van der Waals surface area contributed by atoms with E-state index in [0.717, 1.165) is 25.7 Å². The van der Waals surface area contributed by atoms with E-state index in [1.807, 2.05) is 0 Å². The fraction of sp³-hybridized carbons (Fsp3) is 0.933. The Morgan fingerprint density at radius 1 is 1.00 bits per heavy atom. The van der Waals surface area contributed by atoms with Gasteiger partial charge in [-0.15, -0.1) is 0 Å². The summed E-state index contributed by atoms with van der Waals surface area (Å²) in [5.74, 6) is 0.524. The van der Waals surface area contributed by atoms with Crippen molar-refractivity contribution in [2.45, 2.75) is 76.9 Å². The Morgan fingerprint density at radius 3 is 2.44 bits per heavy atom. The van der Waals surface area contributed by atoms with Crippen molar-refractivity contribution in [1.29, 1.82) is 0 Å². The lowest BCUT2D eigenvalue weighted by Crippen LogP contribution is -2.28. The monoisotopic (exact) mass is 254 g/mol. The van der Waals surface area contributed by atoms with Crippen molar-refractivity contribution in [2.75, 3.05) is 6.61 Å². The Labute approximate surface area is 110 Å².